The number of aromatic nitrogens is 1. The van der Waals surface area contributed by atoms with Crippen LogP contribution in [-0.4, -0.2) is 34.5 Å². The fraction of sp³-hybridized carbons (Fsp3) is 0.526. The summed E-state index contributed by atoms with van der Waals surface area (Å²) in [6.45, 7) is 9.99. The highest BCUT2D eigenvalue weighted by Crippen LogP contribution is 2.39. The van der Waals surface area contributed by atoms with E-state index in [1.54, 1.807) is 11.3 Å². The molecule has 0 fully saturated rings. The molecule has 1 unspecified atom stereocenters. The van der Waals surface area contributed by atoms with Gasteiger partial charge in [0.2, 0.25) is 0 Å². The zero-order chi connectivity index (χ0) is 17.3. The number of nitrogens with zero attached hydrogens (tertiary/aromatic N) is 2. The van der Waals surface area contributed by atoms with Gasteiger partial charge < -0.3 is 0 Å². The first-order chi connectivity index (χ1) is 11.4. The number of rotatable bonds is 5. The summed E-state index contributed by atoms with van der Waals surface area (Å²) in [6.07, 6.45) is 3.41. The monoisotopic (exact) mass is 364 g/mol. The van der Waals surface area contributed by atoms with Crippen LogP contribution in [0.1, 0.15) is 37.8 Å². The molecule has 130 valence electrons. The second-order valence-electron chi connectivity index (χ2n) is 7.12. The number of thiazole rings is 1. The Hall–Kier alpha value is -0.910. The van der Waals surface area contributed by atoms with Gasteiger partial charge in [0.25, 0.3) is 0 Å². The first-order valence-electron chi connectivity index (χ1n) is 8.44. The summed E-state index contributed by atoms with van der Waals surface area (Å²) >= 11 is 3.72. The smallest absolute Gasteiger partial charge is 0.123 e. The van der Waals surface area contributed by atoms with Crippen molar-refractivity contribution in [2.75, 3.05) is 19.3 Å². The van der Waals surface area contributed by atoms with Crippen LogP contribution in [0.15, 0.2) is 24.3 Å². The molecule has 0 N–H and O–H groups in total. The largest absolute Gasteiger partial charge is 0.296 e. The van der Waals surface area contributed by atoms with Crippen LogP contribution in [0.5, 0.6) is 0 Å². The summed E-state index contributed by atoms with van der Waals surface area (Å²) in [6, 6.07) is 6.67. The Morgan fingerprint density at radius 2 is 2.04 bits per heavy atom. The predicted octanol–water partition coefficient (Wildman–Crippen LogP) is 5.18. The lowest BCUT2D eigenvalue weighted by Gasteiger charge is -2.38. The quantitative estimate of drug-likeness (QED) is 0.727. The molecule has 2 heterocycles. The van der Waals surface area contributed by atoms with E-state index < -0.39 is 0 Å². The first-order valence-corrected chi connectivity index (χ1v) is 10.5. The van der Waals surface area contributed by atoms with Crippen LogP contribution in [0, 0.1) is 5.82 Å². The maximum atomic E-state index is 13.2. The molecule has 3 rings (SSSR count). The Bertz CT molecular complexity index is 690. The van der Waals surface area contributed by atoms with Crippen molar-refractivity contribution in [3.05, 3.63) is 40.7 Å². The van der Waals surface area contributed by atoms with Gasteiger partial charge in [0, 0.05) is 40.7 Å². The molecule has 1 aromatic carbocycles. The summed E-state index contributed by atoms with van der Waals surface area (Å²) in [5.74, 6) is -0.200. The minimum atomic E-state index is -0.200. The summed E-state index contributed by atoms with van der Waals surface area (Å²) in [4.78, 5) is 8.85. The van der Waals surface area contributed by atoms with Gasteiger partial charge in [-0.05, 0) is 36.9 Å². The van der Waals surface area contributed by atoms with E-state index in [1.165, 1.54) is 29.1 Å². The van der Waals surface area contributed by atoms with Crippen LogP contribution in [0.2, 0.25) is 0 Å². The van der Waals surface area contributed by atoms with Gasteiger partial charge in [-0.25, -0.2) is 9.37 Å². The molecule has 0 amide bonds. The Kier molecular flexibility index (Phi) is 5.33. The molecule has 1 aliphatic heterocycles. The first kappa shape index (κ1) is 17.9. The average molecular weight is 365 g/mol. The van der Waals surface area contributed by atoms with Gasteiger partial charge in [-0.1, -0.05) is 20.8 Å². The van der Waals surface area contributed by atoms with Crippen LogP contribution in [0.25, 0.3) is 10.6 Å². The fourth-order valence-electron chi connectivity index (χ4n) is 3.38. The Labute approximate surface area is 152 Å². The number of hydrogen-bond donors (Lipinski definition) is 0. The number of benzene rings is 1. The molecular weight excluding hydrogens is 339 g/mol. The van der Waals surface area contributed by atoms with E-state index in [1.807, 2.05) is 23.9 Å². The molecule has 2 nitrogen and oxygen atoms in total. The predicted molar refractivity (Wildman–Crippen MR) is 103 cm³/mol. The minimum Gasteiger partial charge on any atom is -0.296 e. The lowest BCUT2D eigenvalue weighted by atomic mass is 9.85. The maximum absolute atomic E-state index is 13.2. The number of thioether (sulfide) groups is 1. The molecule has 5 heteroatoms. The molecule has 0 bridgehead atoms. The molecule has 24 heavy (non-hydrogen) atoms. The van der Waals surface area contributed by atoms with Crippen molar-refractivity contribution < 1.29 is 4.39 Å². The summed E-state index contributed by atoms with van der Waals surface area (Å²) < 4.78 is 13.2. The standard InChI is InChI=1S/C19H25FN2S2/c1-5-15(23-4)10-22-11-16-17(19(2,3)12-22)21-18(24-16)13-6-8-14(20)9-7-13/h6-9,15H,5,10-12H2,1-4H3. The average Bonchev–Trinajstić information content (AvgIpc) is 2.98. The third-order valence-corrected chi connectivity index (χ3v) is 6.90. The van der Waals surface area contributed by atoms with Gasteiger partial charge in [0.1, 0.15) is 10.8 Å². The molecule has 1 atom stereocenters. The van der Waals surface area contributed by atoms with Crippen molar-refractivity contribution in [1.29, 1.82) is 0 Å². The van der Waals surface area contributed by atoms with Gasteiger partial charge >= 0.3 is 0 Å². The van der Waals surface area contributed by atoms with Gasteiger partial charge in [0.05, 0.1) is 5.69 Å². The van der Waals surface area contributed by atoms with E-state index in [2.05, 4.69) is 31.9 Å². The van der Waals surface area contributed by atoms with Gasteiger partial charge in [-0.15, -0.1) is 11.3 Å². The molecule has 1 aromatic heterocycles. The summed E-state index contributed by atoms with van der Waals surface area (Å²) in [5.41, 5.74) is 2.29. The Morgan fingerprint density at radius 3 is 2.67 bits per heavy atom. The van der Waals surface area contributed by atoms with Crippen molar-refractivity contribution in [2.45, 2.75) is 44.4 Å². The SMILES string of the molecule is CCC(CN1Cc2sc(-c3ccc(F)cc3)nc2C(C)(C)C1)SC. The van der Waals surface area contributed by atoms with Gasteiger partial charge in [-0.3, -0.25) is 4.90 Å². The lowest BCUT2D eigenvalue weighted by molar-refractivity contribution is 0.194. The highest BCUT2D eigenvalue weighted by molar-refractivity contribution is 7.99. The summed E-state index contributed by atoms with van der Waals surface area (Å²) in [5, 5.41) is 1.69. The lowest BCUT2D eigenvalue weighted by Crippen LogP contribution is -2.44. The van der Waals surface area contributed by atoms with Crippen LogP contribution >= 0.6 is 23.1 Å². The van der Waals surface area contributed by atoms with Crippen molar-refractivity contribution in [3.8, 4) is 10.6 Å². The van der Waals surface area contributed by atoms with E-state index in [9.17, 15) is 4.39 Å². The molecule has 0 radical (unpaired) electrons. The molecule has 0 saturated heterocycles. The number of hydrogen-bond acceptors (Lipinski definition) is 4. The highest BCUT2D eigenvalue weighted by atomic mass is 32.2. The number of fused-ring (bicyclic) bond motifs is 1. The molecule has 2 aromatic rings. The highest BCUT2D eigenvalue weighted by Gasteiger charge is 2.35. The second kappa shape index (κ2) is 7.14. The third kappa shape index (κ3) is 3.68. The maximum Gasteiger partial charge on any atom is 0.123 e. The Morgan fingerprint density at radius 1 is 1.33 bits per heavy atom. The van der Waals surface area contributed by atoms with E-state index in [0.29, 0.717) is 5.25 Å². The van der Waals surface area contributed by atoms with E-state index in [-0.39, 0.29) is 11.2 Å². The van der Waals surface area contributed by atoms with E-state index in [4.69, 9.17) is 4.98 Å². The molecule has 1 aliphatic rings. The zero-order valence-corrected chi connectivity index (χ0v) is 16.4. The zero-order valence-electron chi connectivity index (χ0n) is 14.8. The fourth-order valence-corrected chi connectivity index (χ4v) is 5.37. The Balaban J connectivity index is 1.87. The van der Waals surface area contributed by atoms with Crippen molar-refractivity contribution in [1.82, 2.24) is 9.88 Å². The minimum absolute atomic E-state index is 0.0546. The van der Waals surface area contributed by atoms with Crippen LogP contribution in [0.3, 0.4) is 0 Å². The van der Waals surface area contributed by atoms with Crippen LogP contribution in [0.4, 0.5) is 4.39 Å². The van der Waals surface area contributed by atoms with Gasteiger partial charge in [0.15, 0.2) is 0 Å². The van der Waals surface area contributed by atoms with Crippen molar-refractivity contribution >= 4 is 23.1 Å². The van der Waals surface area contributed by atoms with Gasteiger partial charge in [-0.2, -0.15) is 11.8 Å². The second-order valence-corrected chi connectivity index (χ2v) is 9.34. The third-order valence-electron chi connectivity index (χ3n) is 4.67. The molecule has 0 aliphatic carbocycles. The van der Waals surface area contributed by atoms with Crippen molar-refractivity contribution in [2.24, 2.45) is 0 Å². The van der Waals surface area contributed by atoms with E-state index in [0.717, 1.165) is 30.2 Å². The van der Waals surface area contributed by atoms with Crippen molar-refractivity contribution in [3.63, 3.8) is 0 Å². The normalized spacial score (nSPS) is 18.4. The summed E-state index contributed by atoms with van der Waals surface area (Å²) in [7, 11) is 0. The number of halogens is 1. The van der Waals surface area contributed by atoms with Crippen LogP contribution in [-0.2, 0) is 12.0 Å². The molecule has 0 spiro atoms. The van der Waals surface area contributed by atoms with E-state index >= 15 is 0 Å². The molecular formula is C19H25FN2S2. The van der Waals surface area contributed by atoms with Crippen LogP contribution < -0.4 is 0 Å². The topological polar surface area (TPSA) is 16.1 Å². The molecule has 0 saturated carbocycles.